The van der Waals surface area contributed by atoms with E-state index < -0.39 is 10.2 Å². The molecule has 8 heavy (non-hydrogen) atoms. The first-order chi connectivity index (χ1) is 3.71. The summed E-state index contributed by atoms with van der Waals surface area (Å²) in [6.45, 7) is 0.973. The molecular formula is C3H7N2O2S. The summed E-state index contributed by atoms with van der Waals surface area (Å²) < 4.78 is 26.3. The molecule has 1 aliphatic heterocycles. The maximum Gasteiger partial charge on any atom is 0.293 e. The summed E-state index contributed by atoms with van der Waals surface area (Å²) in [5.41, 5.74) is 0. The molecule has 5 heteroatoms. The highest BCUT2D eigenvalue weighted by Gasteiger charge is 2.13. The quantitative estimate of drug-likeness (QED) is 0.455. The molecule has 0 aliphatic carbocycles. The van der Waals surface area contributed by atoms with Gasteiger partial charge in [-0.05, 0) is 6.42 Å². The van der Waals surface area contributed by atoms with Crippen LogP contribution in [0.1, 0.15) is 6.42 Å². The third-order valence-electron chi connectivity index (χ3n) is 0.881. The molecule has 47 valence electrons. The largest absolute Gasteiger partial charge is 0.293 e. The van der Waals surface area contributed by atoms with Crippen LogP contribution < -0.4 is 9.44 Å². The Kier molecular flexibility index (Phi) is 1.50. The fourth-order valence-corrected chi connectivity index (χ4v) is 1.37. The first-order valence-electron chi connectivity index (χ1n) is 2.39. The molecule has 0 amide bonds. The number of hydrogen-bond donors (Lipinski definition) is 1. The molecule has 0 aromatic carbocycles. The van der Waals surface area contributed by atoms with E-state index in [1.165, 1.54) is 0 Å². The van der Waals surface area contributed by atoms with Crippen LogP contribution in [0.2, 0.25) is 0 Å². The molecule has 1 saturated heterocycles. The van der Waals surface area contributed by atoms with Crippen molar-refractivity contribution in [3.05, 3.63) is 0 Å². The summed E-state index contributed by atoms with van der Waals surface area (Å²) >= 11 is 0. The third kappa shape index (κ3) is 1.43. The van der Waals surface area contributed by atoms with Gasteiger partial charge in [0.15, 0.2) is 0 Å². The fourth-order valence-electron chi connectivity index (χ4n) is 0.511. The molecule has 0 aromatic rings. The zero-order valence-electron chi connectivity index (χ0n) is 4.29. The van der Waals surface area contributed by atoms with Crippen molar-refractivity contribution in [2.45, 2.75) is 6.42 Å². The van der Waals surface area contributed by atoms with Crippen molar-refractivity contribution in [2.24, 2.45) is 0 Å². The number of nitrogens with one attached hydrogen (secondary N) is 1. The monoisotopic (exact) mass is 135 g/mol. The molecule has 1 aliphatic rings. The second kappa shape index (κ2) is 2.00. The molecule has 1 fully saturated rings. The van der Waals surface area contributed by atoms with Gasteiger partial charge in [0.25, 0.3) is 10.2 Å². The first kappa shape index (κ1) is 6.00. The Morgan fingerprint density at radius 3 is 2.50 bits per heavy atom. The van der Waals surface area contributed by atoms with Crippen molar-refractivity contribution in [3.8, 4) is 0 Å². The first-order valence-corrected chi connectivity index (χ1v) is 3.83. The van der Waals surface area contributed by atoms with E-state index in [-0.39, 0.29) is 0 Å². The Morgan fingerprint density at radius 2 is 2.25 bits per heavy atom. The van der Waals surface area contributed by atoms with Crippen LogP contribution in [0, 0.1) is 0 Å². The molecule has 0 saturated carbocycles. The lowest BCUT2D eigenvalue weighted by Crippen LogP contribution is -2.38. The summed E-state index contributed by atoms with van der Waals surface area (Å²) in [5, 5.41) is 0. The van der Waals surface area contributed by atoms with E-state index in [1.807, 2.05) is 0 Å². The van der Waals surface area contributed by atoms with Gasteiger partial charge in [0.05, 0.1) is 0 Å². The van der Waals surface area contributed by atoms with Crippen LogP contribution in [-0.4, -0.2) is 21.5 Å². The number of hydrogen-bond acceptors (Lipinski definition) is 2. The van der Waals surface area contributed by atoms with Crippen LogP contribution >= 0.6 is 0 Å². The van der Waals surface area contributed by atoms with E-state index in [0.29, 0.717) is 13.1 Å². The summed E-state index contributed by atoms with van der Waals surface area (Å²) in [6.07, 6.45) is 0.819. The van der Waals surface area contributed by atoms with Crippen LogP contribution in [0.5, 0.6) is 0 Å². The number of nitrogens with zero attached hydrogens (tertiary/aromatic N) is 1. The van der Waals surface area contributed by atoms with Crippen LogP contribution in [0.4, 0.5) is 0 Å². The second-order valence-electron chi connectivity index (χ2n) is 1.58. The van der Waals surface area contributed by atoms with Gasteiger partial charge in [0.1, 0.15) is 0 Å². The molecule has 1 radical (unpaired) electrons. The van der Waals surface area contributed by atoms with Gasteiger partial charge in [-0.25, -0.2) is 4.72 Å². The van der Waals surface area contributed by atoms with E-state index >= 15 is 0 Å². The van der Waals surface area contributed by atoms with E-state index in [4.69, 9.17) is 0 Å². The number of rotatable bonds is 0. The van der Waals surface area contributed by atoms with Crippen molar-refractivity contribution < 1.29 is 8.42 Å². The standard InChI is InChI=1S/C3H7N2O2S/c6-8(7)4-2-1-3-5-8/h4H,1-3H2. The smallest absolute Gasteiger partial charge is 0.201 e. The molecule has 1 rings (SSSR count). The Hall–Kier alpha value is -0.130. The minimum absolute atomic E-state index is 0.440. The summed E-state index contributed by atoms with van der Waals surface area (Å²) in [6, 6.07) is 0. The Labute approximate surface area is 48.5 Å². The zero-order chi connectivity index (χ0) is 6.04. The normalized spacial score (nSPS) is 27.5. The van der Waals surface area contributed by atoms with E-state index in [2.05, 4.69) is 9.44 Å². The topological polar surface area (TPSA) is 60.3 Å². The SMILES string of the molecule is O=S1(=O)[N]CCCN1. The molecule has 0 bridgehead atoms. The molecule has 0 atom stereocenters. The van der Waals surface area contributed by atoms with Gasteiger partial charge in [-0.1, -0.05) is 0 Å². The zero-order valence-corrected chi connectivity index (χ0v) is 5.11. The van der Waals surface area contributed by atoms with Gasteiger partial charge in [0.2, 0.25) is 0 Å². The average molecular weight is 135 g/mol. The fraction of sp³-hybridized carbons (Fsp3) is 1.00. The average Bonchev–Trinajstić information content (AvgIpc) is 1.65. The molecule has 4 nitrogen and oxygen atoms in total. The maximum atomic E-state index is 10.4. The Morgan fingerprint density at radius 1 is 1.50 bits per heavy atom. The second-order valence-corrected chi connectivity index (χ2v) is 3.07. The molecule has 1 N–H and O–H groups in total. The van der Waals surface area contributed by atoms with Crippen LogP contribution in [0.25, 0.3) is 0 Å². The summed E-state index contributed by atoms with van der Waals surface area (Å²) in [4.78, 5) is 0. The lowest BCUT2D eigenvalue weighted by atomic mass is 10.4. The van der Waals surface area contributed by atoms with Crippen molar-refractivity contribution >= 4 is 10.2 Å². The highest BCUT2D eigenvalue weighted by Crippen LogP contribution is 1.88. The minimum atomic E-state index is -3.21. The van der Waals surface area contributed by atoms with Crippen LogP contribution in [0.3, 0.4) is 0 Å². The van der Waals surface area contributed by atoms with Crippen molar-refractivity contribution in [2.75, 3.05) is 13.1 Å². The Balaban J connectivity index is 2.58. The third-order valence-corrected chi connectivity index (χ3v) is 1.97. The van der Waals surface area contributed by atoms with Gasteiger partial charge in [-0.3, -0.25) is 0 Å². The minimum Gasteiger partial charge on any atom is -0.201 e. The summed E-state index contributed by atoms with van der Waals surface area (Å²) in [5.74, 6) is 0. The van der Waals surface area contributed by atoms with Crippen LogP contribution in [-0.2, 0) is 10.2 Å². The van der Waals surface area contributed by atoms with E-state index in [0.717, 1.165) is 6.42 Å². The van der Waals surface area contributed by atoms with Gasteiger partial charge in [0, 0.05) is 13.1 Å². The lowest BCUT2D eigenvalue weighted by molar-refractivity contribution is 0.543. The lowest BCUT2D eigenvalue weighted by Gasteiger charge is -2.09. The van der Waals surface area contributed by atoms with Gasteiger partial charge < -0.3 is 0 Å². The molecule has 0 unspecified atom stereocenters. The highest BCUT2D eigenvalue weighted by molar-refractivity contribution is 7.87. The summed E-state index contributed by atoms with van der Waals surface area (Å²) in [7, 11) is -3.21. The van der Waals surface area contributed by atoms with E-state index in [1.54, 1.807) is 0 Å². The molecular weight excluding hydrogens is 128 g/mol. The van der Waals surface area contributed by atoms with Gasteiger partial charge in [-0.2, -0.15) is 8.42 Å². The molecule has 1 heterocycles. The van der Waals surface area contributed by atoms with Crippen molar-refractivity contribution in [1.82, 2.24) is 9.44 Å². The molecule has 0 aromatic heterocycles. The highest BCUT2D eigenvalue weighted by atomic mass is 32.2. The predicted molar refractivity (Wildman–Crippen MR) is 28.5 cm³/mol. The van der Waals surface area contributed by atoms with Crippen LogP contribution in [0.15, 0.2) is 0 Å². The van der Waals surface area contributed by atoms with Crippen molar-refractivity contribution in [1.29, 1.82) is 0 Å². The van der Waals surface area contributed by atoms with Gasteiger partial charge in [-0.15, -0.1) is 4.72 Å². The predicted octanol–water partition coefficient (Wildman–Crippen LogP) is -1.17. The maximum absolute atomic E-state index is 10.4. The van der Waals surface area contributed by atoms with E-state index in [9.17, 15) is 8.42 Å². The van der Waals surface area contributed by atoms with Crippen molar-refractivity contribution in [3.63, 3.8) is 0 Å². The van der Waals surface area contributed by atoms with Gasteiger partial charge >= 0.3 is 0 Å². The Bertz CT molecular complexity index is 150. The molecule has 0 spiro atoms.